The predicted molar refractivity (Wildman–Crippen MR) is 123 cm³/mol. The lowest BCUT2D eigenvalue weighted by atomic mass is 9.92. The number of nitrogens with zero attached hydrogens (tertiary/aromatic N) is 1. The summed E-state index contributed by atoms with van der Waals surface area (Å²) >= 11 is 0. The number of pyridine rings is 1. The lowest BCUT2D eigenvalue weighted by Crippen LogP contribution is -2.25. The quantitative estimate of drug-likeness (QED) is 0.651. The van der Waals surface area contributed by atoms with Gasteiger partial charge in [-0.15, -0.1) is 0 Å². The van der Waals surface area contributed by atoms with Gasteiger partial charge in [0.25, 0.3) is 5.56 Å². The lowest BCUT2D eigenvalue weighted by molar-refractivity contribution is 0.152. The van der Waals surface area contributed by atoms with Crippen molar-refractivity contribution in [1.29, 1.82) is 0 Å². The number of hydrogen-bond acceptors (Lipinski definition) is 4. The van der Waals surface area contributed by atoms with Gasteiger partial charge >= 0.3 is 0 Å². The summed E-state index contributed by atoms with van der Waals surface area (Å²) in [5, 5.41) is 1.46. The number of fused-ring (bicyclic) bond motifs is 2. The monoisotopic (exact) mass is 438 g/mol. The smallest absolute Gasteiger partial charge is 0.258 e. The Morgan fingerprint density at radius 1 is 1.10 bits per heavy atom. The Kier molecular flexibility index (Phi) is 4.81. The number of aromatic nitrogens is 1. The third kappa shape index (κ3) is 3.71. The Balaban J connectivity index is 1.74. The average molecular weight is 439 g/mol. The number of aryl methyl sites for hydroxylation is 2. The Labute approximate surface area is 181 Å². The van der Waals surface area contributed by atoms with E-state index in [0.717, 1.165) is 40.7 Å². The molecule has 2 aliphatic rings. The second-order valence-corrected chi connectivity index (χ2v) is 10.6. The largest absolute Gasteiger partial charge is 0.489 e. The van der Waals surface area contributed by atoms with E-state index in [-0.39, 0.29) is 17.4 Å². The maximum absolute atomic E-state index is 12.7. The van der Waals surface area contributed by atoms with Crippen LogP contribution in [-0.2, 0) is 23.5 Å². The molecule has 1 aromatic heterocycles. The second-order valence-electron chi connectivity index (χ2n) is 8.55. The Hall–Kier alpha value is -2.80. The van der Waals surface area contributed by atoms with Crippen molar-refractivity contribution >= 4 is 26.5 Å². The molecule has 0 bridgehead atoms. The minimum Gasteiger partial charge on any atom is -0.489 e. The number of benzene rings is 2. The number of nitrogens with one attached hydrogen (secondary N) is 1. The summed E-state index contributed by atoms with van der Waals surface area (Å²) in [6, 6.07) is 11.3. The van der Waals surface area contributed by atoms with E-state index in [0.29, 0.717) is 17.0 Å². The van der Waals surface area contributed by atoms with Crippen molar-refractivity contribution in [2.45, 2.75) is 38.7 Å². The summed E-state index contributed by atoms with van der Waals surface area (Å²) in [7, 11) is -1.68. The van der Waals surface area contributed by atoms with Gasteiger partial charge in [-0.3, -0.25) is 9.52 Å². The van der Waals surface area contributed by atoms with Gasteiger partial charge in [0.15, 0.2) is 0 Å². The van der Waals surface area contributed by atoms with Gasteiger partial charge in [-0.2, -0.15) is 0 Å². The van der Waals surface area contributed by atoms with Gasteiger partial charge in [0.1, 0.15) is 11.9 Å². The number of hydrogen-bond donors (Lipinski definition) is 1. The number of ether oxygens (including phenoxy) is 1. The van der Waals surface area contributed by atoms with E-state index in [1.807, 2.05) is 42.6 Å². The molecule has 2 heterocycles. The third-order valence-corrected chi connectivity index (χ3v) is 7.62. The Bertz CT molecular complexity index is 1340. The molecular weight excluding hydrogens is 412 g/mol. The molecule has 1 atom stereocenters. The van der Waals surface area contributed by atoms with Crippen LogP contribution in [0.15, 0.2) is 47.4 Å². The molecule has 3 aromatic rings. The fraction of sp³-hybridized carbons (Fsp3) is 0.375. The Morgan fingerprint density at radius 3 is 2.55 bits per heavy atom. The minimum absolute atomic E-state index is 0.00242. The molecule has 1 unspecified atom stereocenters. The van der Waals surface area contributed by atoms with Gasteiger partial charge in [-0.1, -0.05) is 18.2 Å². The van der Waals surface area contributed by atoms with Crippen LogP contribution in [0.5, 0.6) is 5.75 Å². The van der Waals surface area contributed by atoms with Crippen LogP contribution in [0, 0.1) is 5.92 Å². The molecular formula is C24H26N2O4S. The highest BCUT2D eigenvalue weighted by Gasteiger charge is 2.36. The molecule has 0 radical (unpaired) electrons. The van der Waals surface area contributed by atoms with Crippen molar-refractivity contribution < 1.29 is 13.2 Å². The molecule has 7 heteroatoms. The van der Waals surface area contributed by atoms with Crippen LogP contribution in [0.4, 0.5) is 5.69 Å². The maximum Gasteiger partial charge on any atom is 0.258 e. The van der Waals surface area contributed by atoms with Gasteiger partial charge in [-0.05, 0) is 67.7 Å². The fourth-order valence-electron chi connectivity index (χ4n) is 4.46. The molecule has 162 valence electrons. The first-order chi connectivity index (χ1) is 14.9. The molecule has 2 aromatic carbocycles. The highest BCUT2D eigenvalue weighted by Crippen LogP contribution is 2.46. The van der Waals surface area contributed by atoms with Crippen LogP contribution in [0.2, 0.25) is 0 Å². The van der Waals surface area contributed by atoms with E-state index in [9.17, 15) is 13.2 Å². The van der Waals surface area contributed by atoms with E-state index in [2.05, 4.69) is 4.72 Å². The van der Waals surface area contributed by atoms with E-state index in [1.165, 1.54) is 12.8 Å². The third-order valence-electron chi connectivity index (χ3n) is 6.32. The summed E-state index contributed by atoms with van der Waals surface area (Å²) in [5.74, 6) is 1.42. The highest BCUT2D eigenvalue weighted by atomic mass is 32.2. The predicted octanol–water partition coefficient (Wildman–Crippen LogP) is 4.07. The zero-order valence-electron chi connectivity index (χ0n) is 17.7. The van der Waals surface area contributed by atoms with E-state index in [1.54, 1.807) is 18.5 Å². The van der Waals surface area contributed by atoms with Crippen LogP contribution < -0.4 is 15.0 Å². The molecule has 1 saturated carbocycles. The average Bonchev–Trinajstić information content (AvgIpc) is 3.61. The topological polar surface area (TPSA) is 77.4 Å². The maximum atomic E-state index is 12.7. The summed E-state index contributed by atoms with van der Waals surface area (Å²) in [6.07, 6.45) is 6.20. The molecule has 1 fully saturated rings. The molecule has 6 nitrogen and oxygen atoms in total. The van der Waals surface area contributed by atoms with E-state index < -0.39 is 10.0 Å². The molecule has 0 amide bonds. The zero-order valence-corrected chi connectivity index (χ0v) is 18.5. The molecule has 5 rings (SSSR count). The summed E-state index contributed by atoms with van der Waals surface area (Å²) < 4.78 is 35.3. The van der Waals surface area contributed by atoms with Gasteiger partial charge in [0.05, 0.1) is 5.75 Å². The van der Waals surface area contributed by atoms with Gasteiger partial charge in [0.2, 0.25) is 10.0 Å². The number of anilines is 1. The SMILES string of the molecule is CCS(=O)(=O)Nc1cc2c(c(-c3cn(C)c(=O)c4ccccc34)c1)OC(C1CC1)CC2. The van der Waals surface area contributed by atoms with Crippen molar-refractivity contribution in [2.75, 3.05) is 10.5 Å². The highest BCUT2D eigenvalue weighted by molar-refractivity contribution is 7.92. The lowest BCUT2D eigenvalue weighted by Gasteiger charge is -2.29. The second kappa shape index (κ2) is 7.41. The van der Waals surface area contributed by atoms with Crippen molar-refractivity contribution in [3.05, 3.63) is 58.5 Å². The Morgan fingerprint density at radius 2 is 1.84 bits per heavy atom. The fourth-order valence-corrected chi connectivity index (χ4v) is 5.08. The van der Waals surface area contributed by atoms with Crippen LogP contribution in [-0.4, -0.2) is 24.8 Å². The normalized spacial score (nSPS) is 18.5. The number of sulfonamides is 1. The van der Waals surface area contributed by atoms with Crippen molar-refractivity contribution in [1.82, 2.24) is 4.57 Å². The first-order valence-electron chi connectivity index (χ1n) is 10.8. The summed E-state index contributed by atoms with van der Waals surface area (Å²) in [5.41, 5.74) is 3.15. The standard InChI is InChI=1S/C24H26N2O4S/c1-3-31(28,29)25-17-12-16-10-11-22(15-8-9-15)30-23(16)20(13-17)21-14-26(2)24(27)19-7-5-4-6-18(19)21/h4-7,12-15,22,25H,3,8-11H2,1-2H3. The van der Waals surface area contributed by atoms with Crippen LogP contribution >= 0.6 is 0 Å². The van der Waals surface area contributed by atoms with Gasteiger partial charge < -0.3 is 9.30 Å². The van der Waals surface area contributed by atoms with Gasteiger partial charge in [-0.25, -0.2) is 8.42 Å². The zero-order chi connectivity index (χ0) is 21.8. The minimum atomic E-state index is -3.42. The van der Waals surface area contributed by atoms with Crippen molar-refractivity contribution in [3.63, 3.8) is 0 Å². The molecule has 1 aliphatic heterocycles. The van der Waals surface area contributed by atoms with E-state index >= 15 is 0 Å². The van der Waals surface area contributed by atoms with E-state index in [4.69, 9.17) is 4.74 Å². The molecule has 0 spiro atoms. The molecule has 31 heavy (non-hydrogen) atoms. The first kappa shape index (κ1) is 20.1. The van der Waals surface area contributed by atoms with Crippen LogP contribution in [0.3, 0.4) is 0 Å². The molecule has 1 aliphatic carbocycles. The van der Waals surface area contributed by atoms with Gasteiger partial charge in [0, 0.05) is 35.4 Å². The first-order valence-corrected chi connectivity index (χ1v) is 12.4. The molecule has 1 N–H and O–H groups in total. The summed E-state index contributed by atoms with van der Waals surface area (Å²) in [4.78, 5) is 12.7. The van der Waals surface area contributed by atoms with Crippen LogP contribution in [0.25, 0.3) is 21.9 Å². The van der Waals surface area contributed by atoms with Crippen LogP contribution in [0.1, 0.15) is 31.7 Å². The molecule has 0 saturated heterocycles. The van der Waals surface area contributed by atoms with Crippen molar-refractivity contribution in [3.8, 4) is 16.9 Å². The number of rotatable bonds is 5. The summed E-state index contributed by atoms with van der Waals surface area (Å²) in [6.45, 7) is 1.62. The van der Waals surface area contributed by atoms with Crippen molar-refractivity contribution in [2.24, 2.45) is 13.0 Å².